The smallest absolute Gasteiger partial charge is 0.279 e. The molecule has 0 bridgehead atoms. The fraction of sp³-hybridized carbons (Fsp3) is 0.625. The molecule has 1 aromatic rings. The Hall–Kier alpha value is -0.990. The normalized spacial score (nSPS) is 21.8. The van der Waals surface area contributed by atoms with Crippen LogP contribution in [-0.2, 0) is 26.1 Å². The molecule has 7 heteroatoms. The summed E-state index contributed by atoms with van der Waals surface area (Å²) in [5.41, 5.74) is 2.32. The Kier molecular flexibility index (Phi) is 5.03. The Labute approximate surface area is 138 Å². The molecule has 0 unspecified atom stereocenters. The number of benzene rings is 1. The first-order valence-corrected chi connectivity index (χ1v) is 9.51. The van der Waals surface area contributed by atoms with Crippen LogP contribution < -0.4 is 4.72 Å². The summed E-state index contributed by atoms with van der Waals surface area (Å²) in [6.07, 6.45) is 1.86. The number of hydrogen-bond donors (Lipinski definition) is 1. The highest BCUT2D eigenvalue weighted by molar-refractivity contribution is 7.87. The van der Waals surface area contributed by atoms with E-state index in [1.54, 1.807) is 0 Å². The van der Waals surface area contributed by atoms with Crippen LogP contribution in [0.1, 0.15) is 24.0 Å². The Morgan fingerprint density at radius 2 is 1.91 bits per heavy atom. The number of piperidine rings is 1. The molecule has 0 saturated carbocycles. The van der Waals surface area contributed by atoms with E-state index in [4.69, 9.17) is 9.47 Å². The Bertz CT molecular complexity index is 631. The Morgan fingerprint density at radius 3 is 2.57 bits per heavy atom. The second kappa shape index (κ2) is 6.86. The summed E-state index contributed by atoms with van der Waals surface area (Å²) in [5.74, 6) is -0.548. The van der Waals surface area contributed by atoms with Crippen molar-refractivity contribution in [3.05, 3.63) is 35.4 Å². The zero-order valence-electron chi connectivity index (χ0n) is 13.5. The first-order chi connectivity index (χ1) is 11.0. The van der Waals surface area contributed by atoms with Crippen LogP contribution in [0.25, 0.3) is 0 Å². The molecule has 0 amide bonds. The van der Waals surface area contributed by atoms with Crippen molar-refractivity contribution in [2.75, 3.05) is 32.8 Å². The number of rotatable bonds is 5. The van der Waals surface area contributed by atoms with E-state index in [1.807, 2.05) is 25.1 Å². The summed E-state index contributed by atoms with van der Waals surface area (Å²) in [6, 6.07) is 8.11. The molecule has 128 valence electrons. The van der Waals surface area contributed by atoms with E-state index in [9.17, 15) is 8.42 Å². The second-order valence-electron chi connectivity index (χ2n) is 6.15. The summed E-state index contributed by atoms with van der Waals surface area (Å²) in [4.78, 5) is 0. The molecule has 1 aromatic carbocycles. The monoisotopic (exact) mass is 340 g/mol. The molecule has 1 N–H and O–H groups in total. The molecule has 2 fully saturated rings. The summed E-state index contributed by atoms with van der Waals surface area (Å²) < 4.78 is 40.2. The quantitative estimate of drug-likeness (QED) is 0.875. The van der Waals surface area contributed by atoms with E-state index < -0.39 is 16.0 Å². The molecule has 2 heterocycles. The molecular formula is C16H24N2O4S. The average Bonchev–Trinajstić information content (AvgIpc) is 2.96. The highest BCUT2D eigenvalue weighted by Crippen LogP contribution is 2.31. The van der Waals surface area contributed by atoms with Crippen LogP contribution in [0.3, 0.4) is 0 Å². The molecule has 2 aliphatic rings. The number of hydrogen-bond acceptors (Lipinski definition) is 4. The number of ether oxygens (including phenoxy) is 2. The van der Waals surface area contributed by atoms with Crippen LogP contribution in [-0.4, -0.2) is 51.4 Å². The van der Waals surface area contributed by atoms with Crippen LogP contribution in [0.4, 0.5) is 0 Å². The SMILES string of the molecule is Cc1cccc(CCNS(=O)(=O)N2CCC3(CC2)OCCO3)c1. The third-order valence-electron chi connectivity index (χ3n) is 4.42. The van der Waals surface area contributed by atoms with E-state index in [0.717, 1.165) is 5.56 Å². The lowest BCUT2D eigenvalue weighted by Crippen LogP contribution is -2.50. The van der Waals surface area contributed by atoms with Gasteiger partial charge in [0.1, 0.15) is 0 Å². The van der Waals surface area contributed by atoms with Gasteiger partial charge in [0.25, 0.3) is 10.2 Å². The third kappa shape index (κ3) is 4.10. The predicted molar refractivity (Wildman–Crippen MR) is 87.2 cm³/mol. The van der Waals surface area contributed by atoms with Crippen LogP contribution in [0, 0.1) is 6.92 Å². The first-order valence-electron chi connectivity index (χ1n) is 8.07. The average molecular weight is 340 g/mol. The van der Waals surface area contributed by atoms with E-state index in [2.05, 4.69) is 10.8 Å². The zero-order valence-corrected chi connectivity index (χ0v) is 14.3. The summed E-state index contributed by atoms with van der Waals surface area (Å²) in [7, 11) is -3.44. The molecule has 2 aliphatic heterocycles. The van der Waals surface area contributed by atoms with Crippen molar-refractivity contribution in [1.29, 1.82) is 0 Å². The van der Waals surface area contributed by atoms with Crippen LogP contribution >= 0.6 is 0 Å². The lowest BCUT2D eigenvalue weighted by Gasteiger charge is -2.36. The van der Waals surface area contributed by atoms with Gasteiger partial charge in [0, 0.05) is 32.5 Å². The number of aryl methyl sites for hydroxylation is 1. The third-order valence-corrected chi connectivity index (χ3v) is 6.03. The first kappa shape index (κ1) is 16.9. The van der Waals surface area contributed by atoms with Crippen molar-refractivity contribution >= 4 is 10.2 Å². The van der Waals surface area contributed by atoms with Crippen molar-refractivity contribution < 1.29 is 17.9 Å². The van der Waals surface area contributed by atoms with Crippen molar-refractivity contribution in [3.8, 4) is 0 Å². The molecule has 6 nitrogen and oxygen atoms in total. The standard InChI is InChI=1S/C16H24N2O4S/c1-14-3-2-4-15(13-14)5-8-17-23(19,20)18-9-6-16(7-10-18)21-11-12-22-16/h2-4,13,17H,5-12H2,1H3. The second-order valence-corrected chi connectivity index (χ2v) is 7.90. The van der Waals surface area contributed by atoms with E-state index in [0.29, 0.717) is 52.1 Å². The Balaban J connectivity index is 1.49. The van der Waals surface area contributed by atoms with Crippen molar-refractivity contribution in [3.63, 3.8) is 0 Å². The maximum atomic E-state index is 12.4. The number of nitrogens with zero attached hydrogens (tertiary/aromatic N) is 1. The zero-order chi connectivity index (χ0) is 16.3. The highest BCUT2D eigenvalue weighted by atomic mass is 32.2. The topological polar surface area (TPSA) is 67.9 Å². The molecule has 3 rings (SSSR count). The molecule has 2 saturated heterocycles. The minimum Gasteiger partial charge on any atom is -0.347 e. The molecule has 1 spiro atoms. The van der Waals surface area contributed by atoms with E-state index in [1.165, 1.54) is 9.87 Å². The van der Waals surface area contributed by atoms with Gasteiger partial charge < -0.3 is 9.47 Å². The van der Waals surface area contributed by atoms with Crippen LogP contribution in [0.15, 0.2) is 24.3 Å². The highest BCUT2D eigenvalue weighted by Gasteiger charge is 2.42. The molecule has 0 aromatic heterocycles. The van der Waals surface area contributed by atoms with Crippen molar-refractivity contribution in [1.82, 2.24) is 9.03 Å². The van der Waals surface area contributed by atoms with Crippen molar-refractivity contribution in [2.45, 2.75) is 32.0 Å². The Morgan fingerprint density at radius 1 is 1.22 bits per heavy atom. The van der Waals surface area contributed by atoms with Gasteiger partial charge in [-0.25, -0.2) is 4.72 Å². The molecule has 0 atom stereocenters. The van der Waals surface area contributed by atoms with Gasteiger partial charge in [0.15, 0.2) is 5.79 Å². The van der Waals surface area contributed by atoms with E-state index >= 15 is 0 Å². The fourth-order valence-corrected chi connectivity index (χ4v) is 4.34. The lowest BCUT2D eigenvalue weighted by molar-refractivity contribution is -0.179. The van der Waals surface area contributed by atoms with Crippen molar-refractivity contribution in [2.24, 2.45) is 0 Å². The van der Waals surface area contributed by atoms with Gasteiger partial charge in [0.2, 0.25) is 0 Å². The van der Waals surface area contributed by atoms with Gasteiger partial charge in [-0.2, -0.15) is 12.7 Å². The van der Waals surface area contributed by atoms with Crippen LogP contribution in [0.5, 0.6) is 0 Å². The predicted octanol–water partition coefficient (Wildman–Crippen LogP) is 1.21. The molecular weight excluding hydrogens is 316 g/mol. The van der Waals surface area contributed by atoms with Gasteiger partial charge in [-0.1, -0.05) is 29.8 Å². The van der Waals surface area contributed by atoms with Gasteiger partial charge in [-0.3, -0.25) is 0 Å². The number of nitrogens with one attached hydrogen (secondary N) is 1. The molecule has 23 heavy (non-hydrogen) atoms. The minimum atomic E-state index is -3.44. The molecule has 0 radical (unpaired) electrons. The fourth-order valence-electron chi connectivity index (χ4n) is 3.14. The lowest BCUT2D eigenvalue weighted by atomic mass is 10.1. The van der Waals surface area contributed by atoms with Gasteiger partial charge in [-0.15, -0.1) is 0 Å². The van der Waals surface area contributed by atoms with Gasteiger partial charge >= 0.3 is 0 Å². The maximum Gasteiger partial charge on any atom is 0.279 e. The van der Waals surface area contributed by atoms with Gasteiger partial charge in [-0.05, 0) is 18.9 Å². The summed E-state index contributed by atoms with van der Waals surface area (Å²) >= 11 is 0. The minimum absolute atomic E-state index is 0.403. The summed E-state index contributed by atoms with van der Waals surface area (Å²) in [5, 5.41) is 0. The largest absolute Gasteiger partial charge is 0.347 e. The van der Waals surface area contributed by atoms with Crippen LogP contribution in [0.2, 0.25) is 0 Å². The van der Waals surface area contributed by atoms with E-state index in [-0.39, 0.29) is 0 Å². The molecule has 0 aliphatic carbocycles. The maximum absolute atomic E-state index is 12.4. The van der Waals surface area contributed by atoms with Gasteiger partial charge in [0.05, 0.1) is 13.2 Å². The summed E-state index contributed by atoms with van der Waals surface area (Å²) in [6.45, 7) is 4.49.